The molecule has 0 bridgehead atoms. The van der Waals surface area contributed by atoms with E-state index in [4.69, 9.17) is 9.47 Å². The second-order valence-corrected chi connectivity index (χ2v) is 4.74. The zero-order valence-electron chi connectivity index (χ0n) is 9.53. The van der Waals surface area contributed by atoms with Crippen molar-refractivity contribution in [3.05, 3.63) is 28.2 Å². The van der Waals surface area contributed by atoms with Gasteiger partial charge in [0.25, 0.3) is 5.91 Å². The molecule has 0 radical (unpaired) electrons. The molecule has 1 saturated heterocycles. The maximum atomic E-state index is 11.8. The topological polar surface area (TPSA) is 47.6 Å². The molecule has 1 aliphatic rings. The van der Waals surface area contributed by atoms with Gasteiger partial charge >= 0.3 is 0 Å². The third-order valence-corrected chi connectivity index (χ3v) is 3.42. The molecule has 1 heterocycles. The maximum Gasteiger partial charge on any atom is 0.255 e. The number of carbonyl (C=O) groups excluding carboxylic acids is 1. The lowest BCUT2D eigenvalue weighted by molar-refractivity contribution is -0.142. The first-order valence-electron chi connectivity index (χ1n) is 5.43. The summed E-state index contributed by atoms with van der Waals surface area (Å²) in [6.45, 7) is 3.32. The summed E-state index contributed by atoms with van der Waals surface area (Å²) in [4.78, 5) is 11.8. The average Bonchev–Trinajstić information content (AvgIpc) is 2.35. The lowest BCUT2D eigenvalue weighted by Gasteiger charge is -2.22. The quantitative estimate of drug-likeness (QED) is 0.910. The van der Waals surface area contributed by atoms with Crippen LogP contribution in [0.5, 0.6) is 0 Å². The Balaban J connectivity index is 1.99. The number of ether oxygens (including phenoxy) is 2. The fraction of sp³-hybridized carbons (Fsp3) is 0.417. The molecule has 1 unspecified atom stereocenters. The highest BCUT2D eigenvalue weighted by Gasteiger charge is 2.22. The molecule has 2 rings (SSSR count). The summed E-state index contributed by atoms with van der Waals surface area (Å²) in [7, 11) is 0. The van der Waals surface area contributed by atoms with Crippen molar-refractivity contribution in [2.24, 2.45) is 0 Å². The van der Waals surface area contributed by atoms with Gasteiger partial charge in [-0.15, -0.1) is 0 Å². The Kier molecular flexibility index (Phi) is 4.15. The van der Waals surface area contributed by atoms with E-state index in [1.54, 1.807) is 0 Å². The minimum absolute atomic E-state index is 0.161. The number of hydrogen-bond acceptors (Lipinski definition) is 3. The van der Waals surface area contributed by atoms with Crippen LogP contribution in [0.2, 0.25) is 0 Å². The molecule has 0 spiro atoms. The van der Waals surface area contributed by atoms with E-state index in [2.05, 4.69) is 21.2 Å². The van der Waals surface area contributed by atoms with E-state index in [-0.39, 0.29) is 5.91 Å². The van der Waals surface area contributed by atoms with Crippen LogP contribution in [0, 0.1) is 6.92 Å². The van der Waals surface area contributed by atoms with E-state index in [0.717, 1.165) is 15.7 Å². The van der Waals surface area contributed by atoms with Crippen LogP contribution in [0.4, 0.5) is 5.69 Å². The molecule has 92 valence electrons. The van der Waals surface area contributed by atoms with Crippen LogP contribution in [0.15, 0.2) is 22.7 Å². The van der Waals surface area contributed by atoms with Gasteiger partial charge in [0.15, 0.2) is 6.10 Å². The van der Waals surface area contributed by atoms with Gasteiger partial charge in [-0.3, -0.25) is 4.79 Å². The standard InChI is InChI=1S/C12H14BrNO3/c1-8-6-9(2-3-10(8)13)14-12(15)11-7-16-4-5-17-11/h2-3,6,11H,4-5,7H2,1H3,(H,14,15). The highest BCUT2D eigenvalue weighted by atomic mass is 79.9. The minimum atomic E-state index is -0.507. The molecular formula is C12H14BrNO3. The molecule has 0 saturated carbocycles. The van der Waals surface area contributed by atoms with Crippen LogP contribution in [-0.2, 0) is 14.3 Å². The molecule has 1 N–H and O–H groups in total. The Morgan fingerprint density at radius 1 is 1.47 bits per heavy atom. The molecule has 1 atom stereocenters. The SMILES string of the molecule is Cc1cc(NC(=O)C2COCCO2)ccc1Br. The summed E-state index contributed by atoms with van der Waals surface area (Å²) < 4.78 is 11.5. The Morgan fingerprint density at radius 2 is 2.29 bits per heavy atom. The Labute approximate surface area is 108 Å². The van der Waals surface area contributed by atoms with Crippen molar-refractivity contribution in [3.8, 4) is 0 Å². The van der Waals surface area contributed by atoms with Crippen molar-refractivity contribution < 1.29 is 14.3 Å². The van der Waals surface area contributed by atoms with Crippen LogP contribution < -0.4 is 5.32 Å². The number of rotatable bonds is 2. The molecule has 0 aliphatic carbocycles. The van der Waals surface area contributed by atoms with Gasteiger partial charge < -0.3 is 14.8 Å². The van der Waals surface area contributed by atoms with E-state index in [1.165, 1.54) is 0 Å². The lowest BCUT2D eigenvalue weighted by Crippen LogP contribution is -2.39. The predicted octanol–water partition coefficient (Wildman–Crippen LogP) is 2.11. The van der Waals surface area contributed by atoms with Crippen LogP contribution in [-0.4, -0.2) is 31.8 Å². The number of benzene rings is 1. The number of carbonyl (C=O) groups is 1. The summed E-state index contributed by atoms with van der Waals surface area (Å²) >= 11 is 3.41. The van der Waals surface area contributed by atoms with Gasteiger partial charge in [0.05, 0.1) is 19.8 Å². The number of nitrogens with one attached hydrogen (secondary N) is 1. The molecular weight excluding hydrogens is 286 g/mol. The predicted molar refractivity (Wildman–Crippen MR) is 68.1 cm³/mol. The van der Waals surface area contributed by atoms with Crippen LogP contribution >= 0.6 is 15.9 Å². The van der Waals surface area contributed by atoms with Crippen molar-refractivity contribution >= 4 is 27.5 Å². The van der Waals surface area contributed by atoms with Crippen molar-refractivity contribution in [3.63, 3.8) is 0 Å². The van der Waals surface area contributed by atoms with E-state index >= 15 is 0 Å². The molecule has 0 aromatic heterocycles. The molecule has 4 nitrogen and oxygen atoms in total. The van der Waals surface area contributed by atoms with Gasteiger partial charge in [-0.25, -0.2) is 0 Å². The van der Waals surface area contributed by atoms with Crippen molar-refractivity contribution in [1.29, 1.82) is 0 Å². The number of hydrogen-bond donors (Lipinski definition) is 1. The molecule has 1 fully saturated rings. The minimum Gasteiger partial charge on any atom is -0.376 e. The molecule has 1 aromatic carbocycles. The van der Waals surface area contributed by atoms with E-state index in [0.29, 0.717) is 19.8 Å². The maximum absolute atomic E-state index is 11.8. The first-order valence-corrected chi connectivity index (χ1v) is 6.22. The van der Waals surface area contributed by atoms with E-state index in [1.807, 2.05) is 25.1 Å². The van der Waals surface area contributed by atoms with Crippen molar-refractivity contribution in [2.45, 2.75) is 13.0 Å². The summed E-state index contributed by atoms with van der Waals surface area (Å²) in [5.41, 5.74) is 1.84. The largest absolute Gasteiger partial charge is 0.376 e. The Morgan fingerprint density at radius 3 is 2.94 bits per heavy atom. The second kappa shape index (κ2) is 5.62. The van der Waals surface area contributed by atoms with E-state index in [9.17, 15) is 4.79 Å². The lowest BCUT2D eigenvalue weighted by atomic mass is 10.2. The third-order valence-electron chi connectivity index (χ3n) is 2.53. The van der Waals surface area contributed by atoms with Gasteiger partial charge in [-0.1, -0.05) is 15.9 Å². The highest BCUT2D eigenvalue weighted by Crippen LogP contribution is 2.20. The third kappa shape index (κ3) is 3.28. The van der Waals surface area contributed by atoms with Crippen LogP contribution in [0.1, 0.15) is 5.56 Å². The number of anilines is 1. The van der Waals surface area contributed by atoms with Gasteiger partial charge in [0, 0.05) is 10.2 Å². The van der Waals surface area contributed by atoms with Crippen molar-refractivity contribution in [1.82, 2.24) is 0 Å². The zero-order valence-corrected chi connectivity index (χ0v) is 11.1. The zero-order chi connectivity index (χ0) is 12.3. The van der Waals surface area contributed by atoms with Gasteiger partial charge in [0.2, 0.25) is 0 Å². The summed E-state index contributed by atoms with van der Waals surface area (Å²) in [5, 5.41) is 2.81. The van der Waals surface area contributed by atoms with Crippen molar-refractivity contribution in [2.75, 3.05) is 25.1 Å². The number of halogens is 1. The van der Waals surface area contributed by atoms with Crippen LogP contribution in [0.25, 0.3) is 0 Å². The Hall–Kier alpha value is -0.910. The van der Waals surface area contributed by atoms with Gasteiger partial charge in [-0.05, 0) is 30.7 Å². The van der Waals surface area contributed by atoms with Crippen LogP contribution in [0.3, 0.4) is 0 Å². The molecule has 5 heteroatoms. The summed E-state index contributed by atoms with van der Waals surface area (Å²) in [6.07, 6.45) is -0.507. The number of amides is 1. The fourth-order valence-corrected chi connectivity index (χ4v) is 1.83. The highest BCUT2D eigenvalue weighted by molar-refractivity contribution is 9.10. The average molecular weight is 300 g/mol. The first kappa shape index (κ1) is 12.5. The first-order chi connectivity index (χ1) is 8.16. The molecule has 1 aliphatic heterocycles. The fourth-order valence-electron chi connectivity index (χ4n) is 1.58. The molecule has 1 amide bonds. The van der Waals surface area contributed by atoms with Gasteiger partial charge in [-0.2, -0.15) is 0 Å². The second-order valence-electron chi connectivity index (χ2n) is 3.89. The molecule has 17 heavy (non-hydrogen) atoms. The number of aryl methyl sites for hydroxylation is 1. The van der Waals surface area contributed by atoms with Gasteiger partial charge in [0.1, 0.15) is 0 Å². The monoisotopic (exact) mass is 299 g/mol. The molecule has 1 aromatic rings. The van der Waals surface area contributed by atoms with E-state index < -0.39 is 6.10 Å². The smallest absolute Gasteiger partial charge is 0.255 e. The summed E-state index contributed by atoms with van der Waals surface area (Å²) in [5.74, 6) is -0.161. The normalized spacial score (nSPS) is 20.0. The Bertz CT molecular complexity index is 416. The summed E-state index contributed by atoms with van der Waals surface area (Å²) in [6, 6.07) is 5.66.